The lowest BCUT2D eigenvalue weighted by Gasteiger charge is -2.09. The lowest BCUT2D eigenvalue weighted by Crippen LogP contribution is -2.33. The number of carbonyl (C=O) groups excluding carboxylic acids is 3. The number of ether oxygens (including phenoxy) is 1. The lowest BCUT2D eigenvalue weighted by atomic mass is 10.1. The summed E-state index contributed by atoms with van der Waals surface area (Å²) in [6, 6.07) is 14.6. The third-order valence-corrected chi connectivity index (χ3v) is 4.78. The standard InChI is InChI=1S/C24H17F3N4O6/c1-14(29-30-22(33)21(32)28-18-4-2-3-17(13-18)24(25,26)27)15-7-11-20(12-8-15)37-23(34)16-5-9-19(10-6-16)31(35)36/h2-13H,1H3,(H,28,32)(H,30,33). The first-order valence-electron chi connectivity index (χ1n) is 10.3. The molecule has 0 aliphatic rings. The van der Waals surface area contributed by atoms with Crippen molar-refractivity contribution in [2.45, 2.75) is 13.1 Å². The fourth-order valence-corrected chi connectivity index (χ4v) is 2.86. The van der Waals surface area contributed by atoms with Crippen molar-refractivity contribution in [3.8, 4) is 5.75 Å². The summed E-state index contributed by atoms with van der Waals surface area (Å²) >= 11 is 0. The van der Waals surface area contributed by atoms with Gasteiger partial charge in [0.2, 0.25) is 0 Å². The minimum atomic E-state index is -4.61. The molecule has 2 amide bonds. The second kappa shape index (κ2) is 11.1. The van der Waals surface area contributed by atoms with Crippen molar-refractivity contribution in [2.24, 2.45) is 5.10 Å². The molecule has 0 heterocycles. The van der Waals surface area contributed by atoms with E-state index in [0.717, 1.165) is 12.1 Å². The van der Waals surface area contributed by atoms with Gasteiger partial charge in [-0.1, -0.05) is 6.07 Å². The summed E-state index contributed by atoms with van der Waals surface area (Å²) in [5.41, 5.74) is 1.52. The molecule has 0 aromatic heterocycles. The second-order valence-corrected chi connectivity index (χ2v) is 7.39. The van der Waals surface area contributed by atoms with Crippen LogP contribution in [0.2, 0.25) is 0 Å². The van der Waals surface area contributed by atoms with E-state index >= 15 is 0 Å². The van der Waals surface area contributed by atoms with Crippen molar-refractivity contribution < 1.29 is 37.2 Å². The molecule has 0 aliphatic heterocycles. The number of rotatable bonds is 6. The van der Waals surface area contributed by atoms with Crippen LogP contribution in [0.4, 0.5) is 24.5 Å². The van der Waals surface area contributed by atoms with E-state index in [4.69, 9.17) is 4.74 Å². The molecule has 190 valence electrons. The Balaban J connectivity index is 1.57. The number of non-ortho nitro benzene ring substituents is 1. The SMILES string of the molecule is CC(=NNC(=O)C(=O)Nc1cccc(C(F)(F)F)c1)c1ccc(OC(=O)c2ccc([N+](=O)[O-])cc2)cc1. The van der Waals surface area contributed by atoms with Crippen LogP contribution in [0.3, 0.4) is 0 Å². The van der Waals surface area contributed by atoms with Gasteiger partial charge in [-0.15, -0.1) is 0 Å². The van der Waals surface area contributed by atoms with Crippen molar-refractivity contribution in [3.63, 3.8) is 0 Å². The lowest BCUT2D eigenvalue weighted by molar-refractivity contribution is -0.384. The third kappa shape index (κ3) is 7.21. The molecule has 0 unspecified atom stereocenters. The third-order valence-electron chi connectivity index (χ3n) is 4.78. The van der Waals surface area contributed by atoms with Crippen LogP contribution in [-0.2, 0) is 15.8 Å². The highest BCUT2D eigenvalue weighted by molar-refractivity contribution is 6.39. The Morgan fingerprint density at radius 3 is 2.14 bits per heavy atom. The number of hydrogen-bond acceptors (Lipinski definition) is 7. The van der Waals surface area contributed by atoms with Gasteiger partial charge in [-0.3, -0.25) is 19.7 Å². The van der Waals surface area contributed by atoms with Gasteiger partial charge >= 0.3 is 24.0 Å². The fraction of sp³-hybridized carbons (Fsp3) is 0.0833. The molecular weight excluding hydrogens is 497 g/mol. The highest BCUT2D eigenvalue weighted by Gasteiger charge is 2.30. The van der Waals surface area contributed by atoms with Crippen molar-refractivity contribution in [2.75, 3.05) is 5.32 Å². The van der Waals surface area contributed by atoms with Gasteiger partial charge in [-0.05, 0) is 67.1 Å². The molecule has 0 fully saturated rings. The zero-order valence-electron chi connectivity index (χ0n) is 18.9. The first kappa shape index (κ1) is 26.5. The molecule has 0 saturated carbocycles. The highest BCUT2D eigenvalue weighted by Crippen LogP contribution is 2.30. The number of benzene rings is 3. The number of carbonyl (C=O) groups is 3. The number of hydrazone groups is 1. The predicted molar refractivity (Wildman–Crippen MR) is 125 cm³/mol. The summed E-state index contributed by atoms with van der Waals surface area (Å²) in [6.45, 7) is 1.52. The number of hydrogen-bond donors (Lipinski definition) is 2. The van der Waals surface area contributed by atoms with E-state index in [-0.39, 0.29) is 28.4 Å². The van der Waals surface area contributed by atoms with Crippen LogP contribution >= 0.6 is 0 Å². The topological polar surface area (TPSA) is 140 Å². The zero-order valence-corrected chi connectivity index (χ0v) is 18.9. The average Bonchev–Trinajstić information content (AvgIpc) is 2.87. The van der Waals surface area contributed by atoms with Gasteiger partial charge in [0.1, 0.15) is 5.75 Å². The molecular formula is C24H17F3N4O6. The summed E-state index contributed by atoms with van der Waals surface area (Å²) in [5, 5.41) is 16.5. The predicted octanol–water partition coefficient (Wildman–Crippen LogP) is 4.31. The van der Waals surface area contributed by atoms with Gasteiger partial charge < -0.3 is 10.1 Å². The summed E-state index contributed by atoms with van der Waals surface area (Å²) in [7, 11) is 0. The van der Waals surface area contributed by atoms with Crippen LogP contribution in [0.1, 0.15) is 28.4 Å². The monoisotopic (exact) mass is 514 g/mol. The van der Waals surface area contributed by atoms with Gasteiger partial charge in [-0.2, -0.15) is 18.3 Å². The van der Waals surface area contributed by atoms with Crippen LogP contribution in [0.5, 0.6) is 5.75 Å². The van der Waals surface area contributed by atoms with Crippen LogP contribution in [0.25, 0.3) is 0 Å². The number of anilines is 1. The molecule has 0 radical (unpaired) electrons. The van der Waals surface area contributed by atoms with Gasteiger partial charge in [0, 0.05) is 17.8 Å². The largest absolute Gasteiger partial charge is 0.423 e. The number of esters is 1. The molecule has 0 saturated heterocycles. The summed E-state index contributed by atoms with van der Waals surface area (Å²) in [6.07, 6.45) is -4.61. The molecule has 3 rings (SSSR count). The molecule has 0 bridgehead atoms. The van der Waals surface area contributed by atoms with E-state index in [0.29, 0.717) is 11.6 Å². The summed E-state index contributed by atoms with van der Waals surface area (Å²) in [4.78, 5) is 46.3. The number of amides is 2. The maximum Gasteiger partial charge on any atom is 0.416 e. The maximum absolute atomic E-state index is 12.8. The number of alkyl halides is 3. The quantitative estimate of drug-likeness (QED) is 0.125. The van der Waals surface area contributed by atoms with E-state index in [1.165, 1.54) is 61.5 Å². The Hall–Kier alpha value is -5.07. The molecule has 37 heavy (non-hydrogen) atoms. The minimum Gasteiger partial charge on any atom is -0.423 e. The van der Waals surface area contributed by atoms with Crippen LogP contribution in [-0.4, -0.2) is 28.4 Å². The van der Waals surface area contributed by atoms with E-state index < -0.39 is 34.4 Å². The van der Waals surface area contributed by atoms with E-state index in [9.17, 15) is 37.7 Å². The fourth-order valence-electron chi connectivity index (χ4n) is 2.86. The molecule has 13 heteroatoms. The van der Waals surface area contributed by atoms with Crippen LogP contribution in [0.15, 0.2) is 77.9 Å². The number of nitrogens with zero attached hydrogens (tertiary/aromatic N) is 2. The van der Waals surface area contributed by atoms with Crippen molar-refractivity contribution in [1.82, 2.24) is 5.43 Å². The van der Waals surface area contributed by atoms with Gasteiger partial charge in [0.15, 0.2) is 0 Å². The molecule has 10 nitrogen and oxygen atoms in total. The summed E-state index contributed by atoms with van der Waals surface area (Å²) in [5.74, 6) is -2.98. The second-order valence-electron chi connectivity index (χ2n) is 7.39. The van der Waals surface area contributed by atoms with Crippen molar-refractivity contribution in [1.29, 1.82) is 0 Å². The minimum absolute atomic E-state index is 0.110. The molecule has 0 atom stereocenters. The Bertz CT molecular complexity index is 1370. The maximum atomic E-state index is 12.8. The molecule has 3 aromatic carbocycles. The number of nitro benzene ring substituents is 1. The molecule has 2 N–H and O–H groups in total. The number of nitro groups is 1. The number of halogens is 3. The molecule has 0 spiro atoms. The van der Waals surface area contributed by atoms with Gasteiger partial charge in [0.05, 0.1) is 21.8 Å². The van der Waals surface area contributed by atoms with Gasteiger partial charge in [0.25, 0.3) is 5.69 Å². The van der Waals surface area contributed by atoms with Crippen LogP contribution < -0.4 is 15.5 Å². The molecule has 3 aromatic rings. The van der Waals surface area contributed by atoms with Gasteiger partial charge in [-0.25, -0.2) is 10.2 Å². The highest BCUT2D eigenvalue weighted by atomic mass is 19.4. The van der Waals surface area contributed by atoms with E-state index in [1.807, 2.05) is 5.43 Å². The molecule has 0 aliphatic carbocycles. The van der Waals surface area contributed by atoms with Crippen molar-refractivity contribution in [3.05, 3.63) is 99.6 Å². The van der Waals surface area contributed by atoms with Crippen LogP contribution in [0, 0.1) is 10.1 Å². The number of nitrogens with one attached hydrogen (secondary N) is 2. The van der Waals surface area contributed by atoms with E-state index in [1.54, 1.807) is 0 Å². The normalized spacial score (nSPS) is 11.4. The zero-order chi connectivity index (χ0) is 27.2. The first-order valence-corrected chi connectivity index (χ1v) is 10.3. The Morgan fingerprint density at radius 1 is 0.919 bits per heavy atom. The Kier molecular flexibility index (Phi) is 7.97. The summed E-state index contributed by atoms with van der Waals surface area (Å²) < 4.78 is 43.6. The van der Waals surface area contributed by atoms with E-state index in [2.05, 4.69) is 10.4 Å². The smallest absolute Gasteiger partial charge is 0.416 e. The first-order chi connectivity index (χ1) is 17.4. The Labute approximate surface area is 206 Å². The Morgan fingerprint density at radius 2 is 1.54 bits per heavy atom. The van der Waals surface area contributed by atoms with Crippen molar-refractivity contribution >= 4 is 34.9 Å². The average molecular weight is 514 g/mol.